The van der Waals surface area contributed by atoms with Gasteiger partial charge >= 0.3 is 0 Å². The Bertz CT molecular complexity index is 709. The lowest BCUT2D eigenvalue weighted by Gasteiger charge is -2.17. The van der Waals surface area contributed by atoms with Gasteiger partial charge in [0.05, 0.1) is 0 Å². The molecule has 2 N–H and O–H groups in total. The van der Waals surface area contributed by atoms with E-state index in [0.717, 1.165) is 26.2 Å². The van der Waals surface area contributed by atoms with E-state index in [9.17, 15) is 9.59 Å². The second-order valence-corrected chi connectivity index (χ2v) is 6.39. The molecule has 0 bridgehead atoms. The molecule has 1 aromatic carbocycles. The molecule has 0 aliphatic carbocycles. The number of nitrogens with zero attached hydrogens (tertiary/aromatic N) is 1. The maximum atomic E-state index is 12.6. The third-order valence-electron chi connectivity index (χ3n) is 4.93. The summed E-state index contributed by atoms with van der Waals surface area (Å²) in [5.41, 5.74) is 1.89. The molecule has 5 heteroatoms. The van der Waals surface area contributed by atoms with Gasteiger partial charge < -0.3 is 15.2 Å². The molecule has 0 spiro atoms. The van der Waals surface area contributed by atoms with E-state index >= 15 is 0 Å². The minimum absolute atomic E-state index is 0.0352. The number of rotatable bonds is 3. The molecule has 5 nitrogen and oxygen atoms in total. The van der Waals surface area contributed by atoms with E-state index in [2.05, 4.69) is 10.3 Å². The topological polar surface area (TPSA) is 65.2 Å². The van der Waals surface area contributed by atoms with E-state index in [4.69, 9.17) is 0 Å². The Morgan fingerprint density at radius 2 is 1.57 bits per heavy atom. The molecule has 2 saturated heterocycles. The van der Waals surface area contributed by atoms with Crippen LogP contribution in [0.4, 0.5) is 0 Å². The molecular weight excluding hydrogens is 290 g/mol. The molecule has 1 aromatic heterocycles. The maximum Gasteiger partial charge on any atom is 0.253 e. The Balaban J connectivity index is 1.48. The number of carbonyl (C=O) groups is 2. The van der Waals surface area contributed by atoms with Crippen LogP contribution in [0.3, 0.4) is 0 Å². The SMILES string of the molecule is O=C(c1ccc(C(=O)N2C[C@H]3CNC[C@H]3C2)cc1)c1cc[nH]c1. The Labute approximate surface area is 134 Å². The van der Waals surface area contributed by atoms with Crippen molar-refractivity contribution in [2.24, 2.45) is 11.8 Å². The van der Waals surface area contributed by atoms with Crippen LogP contribution in [-0.4, -0.2) is 47.8 Å². The Morgan fingerprint density at radius 3 is 2.17 bits per heavy atom. The van der Waals surface area contributed by atoms with Crippen molar-refractivity contribution in [3.05, 3.63) is 59.4 Å². The monoisotopic (exact) mass is 309 g/mol. The highest BCUT2D eigenvalue weighted by Crippen LogP contribution is 2.27. The van der Waals surface area contributed by atoms with Crippen molar-refractivity contribution in [1.29, 1.82) is 0 Å². The molecule has 1 amide bonds. The number of aromatic amines is 1. The van der Waals surface area contributed by atoms with E-state index in [-0.39, 0.29) is 11.7 Å². The molecule has 3 heterocycles. The molecule has 4 rings (SSSR count). The fraction of sp³-hybridized carbons (Fsp3) is 0.333. The largest absolute Gasteiger partial charge is 0.367 e. The van der Waals surface area contributed by atoms with Crippen LogP contribution < -0.4 is 5.32 Å². The molecule has 0 radical (unpaired) electrons. The van der Waals surface area contributed by atoms with Crippen molar-refractivity contribution in [3.8, 4) is 0 Å². The fourth-order valence-electron chi connectivity index (χ4n) is 3.60. The molecular formula is C18H19N3O2. The predicted octanol–water partition coefficient (Wildman–Crippen LogP) is 1.54. The van der Waals surface area contributed by atoms with E-state index in [1.807, 2.05) is 4.90 Å². The van der Waals surface area contributed by atoms with Crippen molar-refractivity contribution < 1.29 is 9.59 Å². The number of benzene rings is 1. The second-order valence-electron chi connectivity index (χ2n) is 6.39. The lowest BCUT2D eigenvalue weighted by atomic mass is 10.0. The van der Waals surface area contributed by atoms with Crippen LogP contribution in [0.5, 0.6) is 0 Å². The first kappa shape index (κ1) is 14.2. The summed E-state index contributed by atoms with van der Waals surface area (Å²) in [6.07, 6.45) is 3.41. The Kier molecular flexibility index (Phi) is 3.50. The number of carbonyl (C=O) groups excluding carboxylic acids is 2. The van der Waals surface area contributed by atoms with E-state index in [0.29, 0.717) is 28.5 Å². The van der Waals surface area contributed by atoms with Gasteiger partial charge in [-0.25, -0.2) is 0 Å². The molecule has 118 valence electrons. The first-order valence-electron chi connectivity index (χ1n) is 8.00. The highest BCUT2D eigenvalue weighted by molar-refractivity contribution is 6.09. The summed E-state index contributed by atoms with van der Waals surface area (Å²) >= 11 is 0. The zero-order valence-corrected chi connectivity index (χ0v) is 12.8. The van der Waals surface area contributed by atoms with E-state index in [1.54, 1.807) is 42.7 Å². The first-order valence-corrected chi connectivity index (χ1v) is 8.00. The van der Waals surface area contributed by atoms with Gasteiger partial charge in [-0.3, -0.25) is 9.59 Å². The zero-order valence-electron chi connectivity index (χ0n) is 12.8. The van der Waals surface area contributed by atoms with Gasteiger partial charge in [0.15, 0.2) is 5.78 Å². The normalized spacial score (nSPS) is 23.0. The third-order valence-corrected chi connectivity index (χ3v) is 4.93. The van der Waals surface area contributed by atoms with Crippen molar-refractivity contribution in [2.75, 3.05) is 26.2 Å². The average molecular weight is 309 g/mol. The highest BCUT2D eigenvalue weighted by Gasteiger charge is 2.38. The average Bonchev–Trinajstić information content (AvgIpc) is 3.29. The summed E-state index contributed by atoms with van der Waals surface area (Å²) in [4.78, 5) is 29.7. The number of hydrogen-bond donors (Lipinski definition) is 2. The van der Waals surface area contributed by atoms with Gasteiger partial charge in [-0.2, -0.15) is 0 Å². The minimum Gasteiger partial charge on any atom is -0.367 e. The third kappa shape index (κ3) is 2.57. The summed E-state index contributed by atoms with van der Waals surface area (Å²) in [6, 6.07) is 8.74. The molecule has 2 aromatic rings. The van der Waals surface area contributed by atoms with E-state index in [1.165, 1.54) is 0 Å². The zero-order chi connectivity index (χ0) is 15.8. The quantitative estimate of drug-likeness (QED) is 0.845. The van der Waals surface area contributed by atoms with Crippen LogP contribution in [-0.2, 0) is 0 Å². The van der Waals surface area contributed by atoms with Gasteiger partial charge in [-0.05, 0) is 30.0 Å². The van der Waals surface area contributed by atoms with Crippen molar-refractivity contribution in [3.63, 3.8) is 0 Å². The van der Waals surface area contributed by atoms with Crippen LogP contribution in [0.15, 0.2) is 42.7 Å². The van der Waals surface area contributed by atoms with Gasteiger partial charge in [0.2, 0.25) is 0 Å². The first-order chi connectivity index (χ1) is 11.2. The van der Waals surface area contributed by atoms with E-state index < -0.39 is 0 Å². The molecule has 0 unspecified atom stereocenters. The van der Waals surface area contributed by atoms with Crippen molar-refractivity contribution >= 4 is 11.7 Å². The molecule has 0 saturated carbocycles. The Hall–Kier alpha value is -2.40. The van der Waals surface area contributed by atoms with Crippen molar-refractivity contribution in [2.45, 2.75) is 0 Å². The standard InChI is InChI=1S/C18H19N3O2/c22-17(14-5-6-19-7-14)12-1-3-13(4-2-12)18(23)21-10-15-8-20-9-16(15)11-21/h1-7,15-16,19-20H,8-11H2/t15-,16+. The van der Waals surface area contributed by atoms with Crippen LogP contribution in [0.25, 0.3) is 0 Å². The minimum atomic E-state index is -0.0352. The van der Waals surface area contributed by atoms with Gasteiger partial charge in [0.25, 0.3) is 5.91 Å². The number of ketones is 1. The smallest absolute Gasteiger partial charge is 0.253 e. The number of aromatic nitrogens is 1. The van der Waals surface area contributed by atoms with Crippen molar-refractivity contribution in [1.82, 2.24) is 15.2 Å². The fourth-order valence-corrected chi connectivity index (χ4v) is 3.60. The van der Waals surface area contributed by atoms with Gasteiger partial charge in [0, 0.05) is 55.3 Å². The number of fused-ring (bicyclic) bond motifs is 1. The highest BCUT2D eigenvalue weighted by atomic mass is 16.2. The maximum absolute atomic E-state index is 12.6. The molecule has 2 atom stereocenters. The summed E-state index contributed by atoms with van der Waals surface area (Å²) in [7, 11) is 0. The molecule has 2 aliphatic rings. The summed E-state index contributed by atoms with van der Waals surface area (Å²) in [5.74, 6) is 1.22. The summed E-state index contributed by atoms with van der Waals surface area (Å²) < 4.78 is 0. The van der Waals surface area contributed by atoms with Gasteiger partial charge in [0.1, 0.15) is 0 Å². The van der Waals surface area contributed by atoms with Crippen LogP contribution in [0.2, 0.25) is 0 Å². The molecule has 2 fully saturated rings. The van der Waals surface area contributed by atoms with Crippen LogP contribution in [0.1, 0.15) is 26.3 Å². The van der Waals surface area contributed by atoms with Crippen LogP contribution in [0, 0.1) is 11.8 Å². The summed E-state index contributed by atoms with van der Waals surface area (Å²) in [6.45, 7) is 3.69. The molecule has 2 aliphatic heterocycles. The lowest BCUT2D eigenvalue weighted by molar-refractivity contribution is 0.0781. The van der Waals surface area contributed by atoms with Crippen LogP contribution >= 0.6 is 0 Å². The number of H-pyrrole nitrogens is 1. The van der Waals surface area contributed by atoms with Gasteiger partial charge in [-0.1, -0.05) is 12.1 Å². The predicted molar refractivity (Wildman–Crippen MR) is 86.4 cm³/mol. The second kappa shape index (κ2) is 5.66. The number of amides is 1. The van der Waals surface area contributed by atoms with Gasteiger partial charge in [-0.15, -0.1) is 0 Å². The Morgan fingerprint density at radius 1 is 0.913 bits per heavy atom. The number of likely N-dealkylation sites (tertiary alicyclic amines) is 1. The summed E-state index contributed by atoms with van der Waals surface area (Å²) in [5, 5.41) is 3.38. The lowest BCUT2D eigenvalue weighted by Crippen LogP contribution is -2.31. The molecule has 23 heavy (non-hydrogen) atoms. The number of hydrogen-bond acceptors (Lipinski definition) is 3. The number of nitrogens with one attached hydrogen (secondary N) is 2.